The van der Waals surface area contributed by atoms with Gasteiger partial charge in [0, 0.05) is 30.8 Å². The van der Waals surface area contributed by atoms with Gasteiger partial charge >= 0.3 is 0 Å². The van der Waals surface area contributed by atoms with E-state index in [1.807, 2.05) is 24.3 Å². The summed E-state index contributed by atoms with van der Waals surface area (Å²) in [5.74, 6) is 0.0134. The Balaban J connectivity index is 1.88. The van der Waals surface area contributed by atoms with Crippen LogP contribution in [0.1, 0.15) is 44.7 Å². The number of rotatable bonds is 2. The van der Waals surface area contributed by atoms with Crippen molar-refractivity contribution in [2.24, 2.45) is 17.9 Å². The van der Waals surface area contributed by atoms with Crippen molar-refractivity contribution in [1.82, 2.24) is 14.7 Å². The van der Waals surface area contributed by atoms with E-state index in [-0.39, 0.29) is 17.4 Å². The van der Waals surface area contributed by atoms with Crippen LogP contribution in [0.3, 0.4) is 0 Å². The van der Waals surface area contributed by atoms with Gasteiger partial charge in [0.15, 0.2) is 0 Å². The first-order chi connectivity index (χ1) is 9.39. The molecule has 1 atom stereocenters. The molecule has 5 nitrogen and oxygen atoms in total. The van der Waals surface area contributed by atoms with Gasteiger partial charge in [0.25, 0.3) is 0 Å². The molecule has 1 aromatic heterocycles. The second-order valence-electron chi connectivity index (χ2n) is 6.82. The largest absolute Gasteiger partial charge is 0.333 e. The normalized spacial score (nSPS) is 26.3. The van der Waals surface area contributed by atoms with Gasteiger partial charge in [-0.3, -0.25) is 9.48 Å². The Kier molecular flexibility index (Phi) is 2.69. The highest BCUT2D eigenvalue weighted by Gasteiger charge is 2.56. The molecule has 3 rings (SSSR count). The van der Waals surface area contributed by atoms with E-state index in [1.165, 1.54) is 0 Å². The van der Waals surface area contributed by atoms with Crippen LogP contribution < -0.4 is 0 Å². The van der Waals surface area contributed by atoms with Crippen molar-refractivity contribution in [3.63, 3.8) is 0 Å². The number of hydrogen-bond donors (Lipinski definition) is 0. The van der Waals surface area contributed by atoms with Gasteiger partial charge in [-0.2, -0.15) is 10.4 Å². The predicted octanol–water partition coefficient (Wildman–Crippen LogP) is 2.02. The van der Waals surface area contributed by atoms with E-state index in [0.29, 0.717) is 12.8 Å². The van der Waals surface area contributed by atoms with Gasteiger partial charge in [-0.25, -0.2) is 0 Å². The number of carbonyl (C=O) groups is 1. The standard InChI is InChI=1S/C15H20N4O/c1-14(2)10-19(12(14)11-7-17-18(3)8-11)13(20)15(9-16)5-4-6-15/h7-8,12H,4-6,10H2,1-3H3. The SMILES string of the molecule is Cn1cc(C2N(C(=O)C3(C#N)CCC3)CC2(C)C)cn1. The highest BCUT2D eigenvalue weighted by Crippen LogP contribution is 2.52. The van der Waals surface area contributed by atoms with Crippen LogP contribution in [0.4, 0.5) is 0 Å². The summed E-state index contributed by atoms with van der Waals surface area (Å²) in [5, 5.41) is 13.6. The van der Waals surface area contributed by atoms with Crippen molar-refractivity contribution < 1.29 is 4.79 Å². The minimum Gasteiger partial charge on any atom is -0.333 e. The van der Waals surface area contributed by atoms with Gasteiger partial charge in [-0.05, 0) is 19.3 Å². The first-order valence-corrected chi connectivity index (χ1v) is 7.10. The predicted molar refractivity (Wildman–Crippen MR) is 73.3 cm³/mol. The molecular formula is C15H20N4O. The monoisotopic (exact) mass is 272 g/mol. The molecule has 0 bridgehead atoms. The molecule has 1 amide bonds. The second-order valence-corrected chi connectivity index (χ2v) is 6.82. The minimum atomic E-state index is -0.753. The molecule has 1 saturated heterocycles. The van der Waals surface area contributed by atoms with Gasteiger partial charge in [-0.1, -0.05) is 13.8 Å². The molecule has 0 radical (unpaired) electrons. The Morgan fingerprint density at radius 3 is 2.60 bits per heavy atom. The fraction of sp³-hybridized carbons (Fsp3) is 0.667. The van der Waals surface area contributed by atoms with Crippen molar-refractivity contribution in [3.8, 4) is 6.07 Å². The zero-order valence-electron chi connectivity index (χ0n) is 12.3. The number of nitrogens with zero attached hydrogens (tertiary/aromatic N) is 4. The van der Waals surface area contributed by atoms with E-state index in [9.17, 15) is 10.1 Å². The van der Waals surface area contributed by atoms with E-state index < -0.39 is 5.41 Å². The molecule has 0 aromatic carbocycles. The molecule has 1 aliphatic heterocycles. The van der Waals surface area contributed by atoms with E-state index in [0.717, 1.165) is 18.5 Å². The minimum absolute atomic E-state index is 0.0134. The summed E-state index contributed by atoms with van der Waals surface area (Å²) in [4.78, 5) is 14.6. The molecule has 106 valence electrons. The van der Waals surface area contributed by atoms with Crippen LogP contribution >= 0.6 is 0 Å². The third kappa shape index (κ3) is 1.67. The summed E-state index contributed by atoms with van der Waals surface area (Å²) in [6.45, 7) is 5.04. The average molecular weight is 272 g/mol. The second kappa shape index (κ2) is 4.08. The van der Waals surface area contributed by atoms with Gasteiger partial charge in [0.1, 0.15) is 5.41 Å². The lowest BCUT2D eigenvalue weighted by Crippen LogP contribution is -2.62. The average Bonchev–Trinajstić information content (AvgIpc) is 2.71. The summed E-state index contributed by atoms with van der Waals surface area (Å²) < 4.78 is 1.76. The fourth-order valence-electron chi connectivity index (χ4n) is 3.51. The Labute approximate surface area is 119 Å². The third-order valence-corrected chi connectivity index (χ3v) is 4.76. The quantitative estimate of drug-likeness (QED) is 0.827. The Bertz CT molecular complexity index is 591. The van der Waals surface area contributed by atoms with Crippen molar-refractivity contribution in [3.05, 3.63) is 18.0 Å². The van der Waals surface area contributed by atoms with Crippen molar-refractivity contribution in [2.75, 3.05) is 6.54 Å². The van der Waals surface area contributed by atoms with E-state index in [2.05, 4.69) is 25.0 Å². The van der Waals surface area contributed by atoms with E-state index in [4.69, 9.17) is 0 Å². The van der Waals surface area contributed by atoms with Gasteiger partial charge in [-0.15, -0.1) is 0 Å². The maximum absolute atomic E-state index is 12.7. The molecule has 0 spiro atoms. The van der Waals surface area contributed by atoms with Crippen molar-refractivity contribution in [1.29, 1.82) is 5.26 Å². The molecule has 1 saturated carbocycles. The van der Waals surface area contributed by atoms with Crippen LogP contribution in [-0.2, 0) is 11.8 Å². The van der Waals surface area contributed by atoms with Crippen LogP contribution in [0.15, 0.2) is 12.4 Å². The van der Waals surface area contributed by atoms with Crippen LogP contribution in [0, 0.1) is 22.2 Å². The third-order valence-electron chi connectivity index (χ3n) is 4.76. The smallest absolute Gasteiger partial charge is 0.243 e. The van der Waals surface area contributed by atoms with Crippen LogP contribution in [0.2, 0.25) is 0 Å². The first kappa shape index (κ1) is 13.2. The molecule has 2 fully saturated rings. The Hall–Kier alpha value is -1.83. The number of carbonyl (C=O) groups excluding carboxylic acids is 1. The number of amides is 1. The van der Waals surface area contributed by atoms with Gasteiger partial charge in [0.2, 0.25) is 5.91 Å². The molecule has 1 unspecified atom stereocenters. The highest BCUT2D eigenvalue weighted by molar-refractivity contribution is 5.87. The maximum atomic E-state index is 12.7. The zero-order chi connectivity index (χ0) is 14.5. The topological polar surface area (TPSA) is 61.9 Å². The summed E-state index contributed by atoms with van der Waals surface area (Å²) in [7, 11) is 1.88. The van der Waals surface area contributed by atoms with Gasteiger partial charge < -0.3 is 4.90 Å². The summed E-state index contributed by atoms with van der Waals surface area (Å²) in [6.07, 6.45) is 6.18. The van der Waals surface area contributed by atoms with E-state index in [1.54, 1.807) is 4.68 Å². The number of aromatic nitrogens is 2. The molecule has 0 N–H and O–H groups in total. The molecular weight excluding hydrogens is 252 g/mol. The molecule has 1 aliphatic carbocycles. The van der Waals surface area contributed by atoms with Crippen LogP contribution in [0.5, 0.6) is 0 Å². The lowest BCUT2D eigenvalue weighted by molar-refractivity contribution is -0.164. The summed E-state index contributed by atoms with van der Waals surface area (Å²) in [5.41, 5.74) is 0.347. The van der Waals surface area contributed by atoms with Crippen LogP contribution in [-0.4, -0.2) is 27.1 Å². The summed E-state index contributed by atoms with van der Waals surface area (Å²) in [6, 6.07) is 2.29. The van der Waals surface area contributed by atoms with Crippen molar-refractivity contribution >= 4 is 5.91 Å². The molecule has 20 heavy (non-hydrogen) atoms. The highest BCUT2D eigenvalue weighted by atomic mass is 16.2. The first-order valence-electron chi connectivity index (χ1n) is 7.10. The molecule has 2 aliphatic rings. The van der Waals surface area contributed by atoms with Crippen LogP contribution in [0.25, 0.3) is 0 Å². The molecule has 1 aromatic rings. The lowest BCUT2D eigenvalue weighted by Gasteiger charge is -2.56. The summed E-state index contributed by atoms with van der Waals surface area (Å²) >= 11 is 0. The van der Waals surface area contributed by atoms with Gasteiger partial charge in [0.05, 0.1) is 18.3 Å². The van der Waals surface area contributed by atoms with Crippen molar-refractivity contribution in [2.45, 2.75) is 39.2 Å². The number of hydrogen-bond acceptors (Lipinski definition) is 3. The maximum Gasteiger partial charge on any atom is 0.243 e. The Morgan fingerprint density at radius 2 is 2.20 bits per heavy atom. The Morgan fingerprint density at radius 1 is 1.50 bits per heavy atom. The molecule has 5 heteroatoms. The fourth-order valence-corrected chi connectivity index (χ4v) is 3.51. The van der Waals surface area contributed by atoms with E-state index >= 15 is 0 Å². The lowest BCUT2D eigenvalue weighted by atomic mass is 9.65. The number of nitriles is 1. The number of likely N-dealkylation sites (tertiary alicyclic amines) is 1. The zero-order valence-corrected chi connectivity index (χ0v) is 12.3. The number of aryl methyl sites for hydroxylation is 1. The molecule has 2 heterocycles.